The van der Waals surface area contributed by atoms with Gasteiger partial charge in [0.2, 0.25) is 0 Å². The van der Waals surface area contributed by atoms with Gasteiger partial charge in [0.05, 0.1) is 11.9 Å². The van der Waals surface area contributed by atoms with Gasteiger partial charge in [0, 0.05) is 13.1 Å². The smallest absolute Gasteiger partial charge is 0.273 e. The van der Waals surface area contributed by atoms with Crippen molar-refractivity contribution in [3.8, 4) is 5.69 Å². The molecule has 0 spiro atoms. The van der Waals surface area contributed by atoms with E-state index in [9.17, 15) is 4.79 Å². The third-order valence-corrected chi connectivity index (χ3v) is 2.37. The Morgan fingerprint density at radius 1 is 1.28 bits per heavy atom. The van der Waals surface area contributed by atoms with E-state index < -0.39 is 0 Å². The van der Waals surface area contributed by atoms with Crippen LogP contribution in [0.5, 0.6) is 0 Å². The molecule has 1 aromatic carbocycles. The standard InChI is InChI=1S/C12H15N5O/c1-13-7-8-14-12(18)11-9-15-17(16-11)10-5-3-2-4-6-10/h2-6,9,13H,7-8H2,1H3,(H,14,18). The van der Waals surface area contributed by atoms with Crippen molar-refractivity contribution in [3.63, 3.8) is 0 Å². The van der Waals surface area contributed by atoms with Gasteiger partial charge >= 0.3 is 0 Å². The molecule has 2 aromatic rings. The second-order valence-corrected chi connectivity index (χ2v) is 3.71. The van der Waals surface area contributed by atoms with Crippen molar-refractivity contribution in [2.45, 2.75) is 0 Å². The minimum absolute atomic E-state index is 0.215. The maximum absolute atomic E-state index is 11.7. The molecule has 18 heavy (non-hydrogen) atoms. The minimum Gasteiger partial charge on any atom is -0.349 e. The van der Waals surface area contributed by atoms with Gasteiger partial charge in [-0.2, -0.15) is 9.90 Å². The van der Waals surface area contributed by atoms with E-state index in [0.29, 0.717) is 12.2 Å². The lowest BCUT2D eigenvalue weighted by molar-refractivity contribution is 0.0948. The van der Waals surface area contributed by atoms with Crippen LogP contribution in [0, 0.1) is 0 Å². The highest BCUT2D eigenvalue weighted by molar-refractivity contribution is 5.91. The van der Waals surface area contributed by atoms with E-state index in [-0.39, 0.29) is 5.91 Å². The van der Waals surface area contributed by atoms with Crippen LogP contribution >= 0.6 is 0 Å². The van der Waals surface area contributed by atoms with Gasteiger partial charge in [0.25, 0.3) is 5.91 Å². The van der Waals surface area contributed by atoms with E-state index in [1.54, 1.807) is 0 Å². The molecule has 0 saturated heterocycles. The largest absolute Gasteiger partial charge is 0.349 e. The van der Waals surface area contributed by atoms with E-state index in [1.807, 2.05) is 37.4 Å². The van der Waals surface area contributed by atoms with Gasteiger partial charge < -0.3 is 10.6 Å². The van der Waals surface area contributed by atoms with E-state index >= 15 is 0 Å². The summed E-state index contributed by atoms with van der Waals surface area (Å²) in [6, 6.07) is 9.46. The number of carbonyl (C=O) groups excluding carboxylic acids is 1. The molecule has 0 aliphatic heterocycles. The van der Waals surface area contributed by atoms with Crippen LogP contribution < -0.4 is 10.6 Å². The average molecular weight is 245 g/mol. The van der Waals surface area contributed by atoms with Crippen LogP contribution in [0.15, 0.2) is 36.5 Å². The molecule has 2 N–H and O–H groups in total. The summed E-state index contributed by atoms with van der Waals surface area (Å²) in [6.45, 7) is 1.28. The number of likely N-dealkylation sites (N-methyl/N-ethyl adjacent to an activating group) is 1. The fraction of sp³-hybridized carbons (Fsp3) is 0.250. The first-order valence-electron chi connectivity index (χ1n) is 5.72. The van der Waals surface area contributed by atoms with Crippen molar-refractivity contribution in [2.75, 3.05) is 20.1 Å². The van der Waals surface area contributed by atoms with Gasteiger partial charge in [0.1, 0.15) is 0 Å². The number of nitrogens with zero attached hydrogens (tertiary/aromatic N) is 3. The third kappa shape index (κ3) is 2.92. The lowest BCUT2D eigenvalue weighted by Gasteiger charge is -2.01. The number of aromatic nitrogens is 3. The molecule has 0 radical (unpaired) electrons. The monoisotopic (exact) mass is 245 g/mol. The molecule has 1 aromatic heterocycles. The summed E-state index contributed by atoms with van der Waals surface area (Å²) >= 11 is 0. The molecule has 0 bridgehead atoms. The molecular weight excluding hydrogens is 230 g/mol. The SMILES string of the molecule is CNCCNC(=O)c1cnn(-c2ccccc2)n1. The summed E-state index contributed by atoms with van der Waals surface area (Å²) < 4.78 is 0. The topological polar surface area (TPSA) is 71.8 Å². The summed E-state index contributed by atoms with van der Waals surface area (Å²) in [7, 11) is 1.83. The van der Waals surface area contributed by atoms with Crippen LogP contribution in [-0.2, 0) is 0 Å². The van der Waals surface area contributed by atoms with Crippen LogP contribution in [0.3, 0.4) is 0 Å². The Balaban J connectivity index is 2.04. The van der Waals surface area contributed by atoms with Crippen molar-refractivity contribution < 1.29 is 4.79 Å². The van der Waals surface area contributed by atoms with Crippen molar-refractivity contribution in [1.29, 1.82) is 0 Å². The molecule has 0 atom stereocenters. The van der Waals surface area contributed by atoms with E-state index in [0.717, 1.165) is 12.2 Å². The molecular formula is C12H15N5O. The number of hydrogen-bond donors (Lipinski definition) is 2. The van der Waals surface area contributed by atoms with E-state index in [4.69, 9.17) is 0 Å². The average Bonchev–Trinajstić information content (AvgIpc) is 2.89. The van der Waals surface area contributed by atoms with Crippen LogP contribution in [0.2, 0.25) is 0 Å². The first-order valence-corrected chi connectivity index (χ1v) is 5.72. The van der Waals surface area contributed by atoms with Crippen LogP contribution in [0.1, 0.15) is 10.5 Å². The zero-order valence-corrected chi connectivity index (χ0v) is 10.1. The molecule has 6 nitrogen and oxygen atoms in total. The maximum atomic E-state index is 11.7. The second-order valence-electron chi connectivity index (χ2n) is 3.71. The van der Waals surface area contributed by atoms with Crippen molar-refractivity contribution >= 4 is 5.91 Å². The fourth-order valence-electron chi connectivity index (χ4n) is 1.44. The van der Waals surface area contributed by atoms with E-state index in [1.165, 1.54) is 11.0 Å². The molecule has 1 amide bonds. The Labute approximate surface area is 105 Å². The Bertz CT molecular complexity index is 508. The summed E-state index contributed by atoms with van der Waals surface area (Å²) in [4.78, 5) is 13.1. The Hall–Kier alpha value is -2.21. The maximum Gasteiger partial charge on any atom is 0.273 e. The quantitative estimate of drug-likeness (QED) is 0.739. The molecule has 2 rings (SSSR count). The number of carbonyl (C=O) groups is 1. The highest BCUT2D eigenvalue weighted by Gasteiger charge is 2.10. The number of amides is 1. The number of rotatable bonds is 5. The molecule has 0 saturated carbocycles. The van der Waals surface area contributed by atoms with Gasteiger partial charge in [-0.15, -0.1) is 5.10 Å². The van der Waals surface area contributed by atoms with Crippen LogP contribution in [0.25, 0.3) is 5.69 Å². The lowest BCUT2D eigenvalue weighted by atomic mass is 10.3. The van der Waals surface area contributed by atoms with Crippen LogP contribution in [-0.4, -0.2) is 41.0 Å². The minimum atomic E-state index is -0.215. The van der Waals surface area contributed by atoms with Gasteiger partial charge in [-0.3, -0.25) is 4.79 Å². The van der Waals surface area contributed by atoms with E-state index in [2.05, 4.69) is 20.8 Å². The third-order valence-electron chi connectivity index (χ3n) is 2.37. The predicted molar refractivity (Wildman–Crippen MR) is 67.6 cm³/mol. The van der Waals surface area contributed by atoms with Gasteiger partial charge in [-0.05, 0) is 19.2 Å². The summed E-state index contributed by atoms with van der Waals surface area (Å²) in [6.07, 6.45) is 1.46. The zero-order valence-electron chi connectivity index (χ0n) is 10.1. The fourth-order valence-corrected chi connectivity index (χ4v) is 1.44. The first kappa shape index (κ1) is 12.3. The van der Waals surface area contributed by atoms with Gasteiger partial charge in [-0.25, -0.2) is 0 Å². The Morgan fingerprint density at radius 3 is 2.78 bits per heavy atom. The lowest BCUT2D eigenvalue weighted by Crippen LogP contribution is -2.30. The number of nitrogens with one attached hydrogen (secondary N) is 2. The Kier molecular flexibility index (Phi) is 4.03. The molecule has 6 heteroatoms. The summed E-state index contributed by atoms with van der Waals surface area (Å²) in [5.41, 5.74) is 1.14. The molecule has 0 aliphatic carbocycles. The highest BCUT2D eigenvalue weighted by Crippen LogP contribution is 2.03. The molecule has 0 aliphatic rings. The zero-order chi connectivity index (χ0) is 12.8. The molecule has 1 heterocycles. The highest BCUT2D eigenvalue weighted by atomic mass is 16.2. The van der Waals surface area contributed by atoms with Crippen LogP contribution in [0.4, 0.5) is 0 Å². The molecule has 0 unspecified atom stereocenters. The van der Waals surface area contributed by atoms with Gasteiger partial charge in [0.15, 0.2) is 5.69 Å². The van der Waals surface area contributed by atoms with Crippen molar-refractivity contribution in [3.05, 3.63) is 42.2 Å². The number of benzene rings is 1. The number of para-hydroxylation sites is 1. The summed E-state index contributed by atoms with van der Waals surface area (Å²) in [5, 5.41) is 13.9. The van der Waals surface area contributed by atoms with Crippen molar-refractivity contribution in [1.82, 2.24) is 25.6 Å². The molecule has 0 fully saturated rings. The normalized spacial score (nSPS) is 10.3. The van der Waals surface area contributed by atoms with Crippen molar-refractivity contribution in [2.24, 2.45) is 0 Å². The summed E-state index contributed by atoms with van der Waals surface area (Å²) in [5.74, 6) is -0.215. The first-order chi connectivity index (χ1) is 8.81. The molecule has 94 valence electrons. The second kappa shape index (κ2) is 5.92. The van der Waals surface area contributed by atoms with Gasteiger partial charge in [-0.1, -0.05) is 18.2 Å². The number of hydrogen-bond acceptors (Lipinski definition) is 4. The predicted octanol–water partition coefficient (Wildman–Crippen LogP) is 0.216. The Morgan fingerprint density at radius 2 is 2.06 bits per heavy atom.